The third-order valence-corrected chi connectivity index (χ3v) is 21.5. The molecule has 540 valence electrons. The topological polar surface area (TPSA) is 326 Å². The molecule has 6 aromatic heterocycles. The van der Waals surface area contributed by atoms with E-state index < -0.39 is 59.1 Å². The zero-order valence-electron chi connectivity index (χ0n) is 59.7. The summed E-state index contributed by atoms with van der Waals surface area (Å²) in [7, 11) is 0. The highest BCUT2D eigenvalue weighted by molar-refractivity contribution is 7.14. The van der Waals surface area contributed by atoms with Crippen molar-refractivity contribution in [3.05, 3.63) is 176 Å². The molecule has 0 bridgehead atoms. The SMILES string of the molecule is Cc1cc(C(C)(C)C(=O)N2C[C@H](O)C[C@H]2C(=O)NCc2ccc(-c3scnc3C)cc2)on1.Cc1cc([C@H](C(=O)N2C[C@H](O)C[C@H]2C(=O)NCc2ccc(-c3scnc3C)cc2)C(C)(C)C)on1.Cc1cc([C@H](C(=O)N2C[C@H](O)C[C@H]2C(=O)NCc2ccc(-c3scnc3C)cc2)C(C)C)on1. The van der Waals surface area contributed by atoms with Crippen molar-refractivity contribution in [2.75, 3.05) is 19.6 Å². The molecule has 0 unspecified atom stereocenters. The fourth-order valence-corrected chi connectivity index (χ4v) is 15.5. The van der Waals surface area contributed by atoms with Gasteiger partial charge in [0, 0.05) is 76.7 Å². The molecule has 3 fully saturated rings. The number of rotatable bonds is 19. The van der Waals surface area contributed by atoms with Gasteiger partial charge < -0.3 is 59.5 Å². The van der Waals surface area contributed by atoms with E-state index in [9.17, 15) is 44.1 Å². The third kappa shape index (κ3) is 17.8. The minimum absolute atomic E-state index is 0.0537. The number of aromatic nitrogens is 6. The molecule has 3 aromatic carbocycles. The monoisotopic (exact) mass is 1450 g/mol. The van der Waals surface area contributed by atoms with Crippen molar-refractivity contribution in [2.45, 2.75) is 183 Å². The average Bonchev–Trinajstić information content (AvgIpc) is 1.60. The third-order valence-electron chi connectivity index (χ3n) is 18.6. The zero-order valence-corrected chi connectivity index (χ0v) is 62.2. The lowest BCUT2D eigenvalue weighted by Gasteiger charge is -2.33. The second-order valence-corrected chi connectivity index (χ2v) is 31.0. The van der Waals surface area contributed by atoms with E-state index in [2.05, 4.69) is 46.4 Å². The van der Waals surface area contributed by atoms with Crippen LogP contribution >= 0.6 is 34.0 Å². The molecule has 3 aliphatic rings. The normalized spacial score (nSPS) is 18.9. The Balaban J connectivity index is 0.000000165. The number of β-amino-alcohol motifs (C(OH)–C–C–N with tert-alkyl or cyclic N) is 3. The number of likely N-dealkylation sites (tertiary alicyclic amines) is 3. The Morgan fingerprint density at radius 3 is 1.16 bits per heavy atom. The minimum Gasteiger partial charge on any atom is -0.391 e. The van der Waals surface area contributed by atoms with Gasteiger partial charge in [-0.15, -0.1) is 34.0 Å². The number of hydrogen-bond donors (Lipinski definition) is 6. The molecule has 0 saturated carbocycles. The Bertz CT molecular complexity index is 4370. The van der Waals surface area contributed by atoms with Crippen LogP contribution in [0.1, 0.15) is 148 Å². The van der Waals surface area contributed by atoms with Crippen LogP contribution in [0.4, 0.5) is 0 Å². The fourth-order valence-electron chi connectivity index (χ4n) is 13.0. The number of thiazole rings is 3. The summed E-state index contributed by atoms with van der Waals surface area (Å²) in [5.41, 5.74) is 15.2. The van der Waals surface area contributed by atoms with Crippen molar-refractivity contribution in [1.82, 2.24) is 61.1 Å². The van der Waals surface area contributed by atoms with Crippen LogP contribution in [0.15, 0.2) is 121 Å². The number of carbonyl (C=O) groups is 6. The smallest absolute Gasteiger partial charge is 0.243 e. The first-order chi connectivity index (χ1) is 48.4. The van der Waals surface area contributed by atoms with E-state index in [1.54, 1.807) is 86.8 Å². The molecule has 6 amide bonds. The quantitative estimate of drug-likeness (QED) is 0.0438. The van der Waals surface area contributed by atoms with Gasteiger partial charge in [-0.05, 0) is 100 Å². The van der Waals surface area contributed by atoms with Gasteiger partial charge in [0.05, 0.1) is 83.6 Å². The standard InChI is InChI=1S/C26H32N4O4S.C25H30N4O4S.C24H28N4O4S/c1-15-10-21(34-29-15)22(26(3,4)5)25(33)30-13-19(31)11-20(30)24(32)27-12-17-6-8-18(9-7-17)23-16(2)28-14-35-23;1-14(2)22(21-9-15(3)28-33-21)25(32)29-12-19(30)10-20(29)24(31)26-11-17-5-7-18(8-6-17)23-16(4)27-13-34-23;1-14-9-20(32-27-14)24(3,4)23(31)28-12-18(29)10-19(28)22(30)25-11-16-5-7-17(8-6-16)21-15(2)26-13-33-21/h6-10,14,19-20,22,31H,11-13H2,1-5H3,(H,27,32);5-9,13-14,19-20,22,30H,10-12H2,1-4H3,(H,26,31);5-9,13,18-19,29H,10-12H2,1-4H3,(H,25,30)/t2*19-,20+,22-;18-,19+/m111/s1. The van der Waals surface area contributed by atoms with E-state index in [4.69, 9.17) is 13.6 Å². The molecule has 0 radical (unpaired) electrons. The highest BCUT2D eigenvalue weighted by Crippen LogP contribution is 2.40. The molecule has 3 aliphatic heterocycles. The number of nitrogens with one attached hydrogen (secondary N) is 3. The number of hydrogen-bond acceptors (Lipinski definition) is 21. The summed E-state index contributed by atoms with van der Waals surface area (Å²) in [5, 5.41) is 51.4. The van der Waals surface area contributed by atoms with Crippen molar-refractivity contribution in [1.29, 1.82) is 0 Å². The summed E-state index contributed by atoms with van der Waals surface area (Å²) in [4.78, 5) is 100. The van der Waals surface area contributed by atoms with E-state index in [1.165, 1.54) is 14.7 Å². The van der Waals surface area contributed by atoms with E-state index >= 15 is 0 Å². The molecule has 6 N–H and O–H groups in total. The van der Waals surface area contributed by atoms with Gasteiger partial charge in [-0.3, -0.25) is 28.8 Å². The highest BCUT2D eigenvalue weighted by atomic mass is 32.1. The molecule has 24 nitrogen and oxygen atoms in total. The Morgan fingerprint density at radius 1 is 0.490 bits per heavy atom. The first-order valence-electron chi connectivity index (χ1n) is 34.0. The van der Waals surface area contributed by atoms with Crippen LogP contribution in [-0.4, -0.2) is 152 Å². The average molecular weight is 1450 g/mol. The molecular weight excluding hydrogens is 1360 g/mol. The molecule has 102 heavy (non-hydrogen) atoms. The number of aliphatic hydroxyl groups excluding tert-OH is 3. The molecule has 9 aromatic rings. The van der Waals surface area contributed by atoms with Crippen molar-refractivity contribution in [3.8, 4) is 31.3 Å². The van der Waals surface area contributed by atoms with Crippen molar-refractivity contribution < 1.29 is 57.7 Å². The van der Waals surface area contributed by atoms with E-state index in [0.717, 1.165) is 65.1 Å². The molecule has 3 saturated heterocycles. The van der Waals surface area contributed by atoms with Crippen LogP contribution in [0.25, 0.3) is 31.3 Å². The Hall–Kier alpha value is -9.12. The van der Waals surface area contributed by atoms with E-state index in [-0.39, 0.29) is 80.3 Å². The summed E-state index contributed by atoms with van der Waals surface area (Å²) in [6.07, 6.45) is -1.64. The Kier molecular flexibility index (Phi) is 24.0. The highest BCUT2D eigenvalue weighted by Gasteiger charge is 2.48. The predicted octanol–water partition coefficient (Wildman–Crippen LogP) is 10.2. The van der Waals surface area contributed by atoms with Gasteiger partial charge >= 0.3 is 0 Å². The van der Waals surface area contributed by atoms with Crippen LogP contribution in [0.2, 0.25) is 0 Å². The summed E-state index contributed by atoms with van der Waals surface area (Å²) in [6, 6.07) is 26.9. The summed E-state index contributed by atoms with van der Waals surface area (Å²) >= 11 is 4.79. The lowest BCUT2D eigenvalue weighted by atomic mass is 9.78. The fraction of sp³-hybridized carbons (Fsp3) is 0.440. The molecule has 12 rings (SSSR count). The van der Waals surface area contributed by atoms with Gasteiger partial charge in [-0.1, -0.05) is 123 Å². The number of carbonyl (C=O) groups excluding carboxylic acids is 6. The van der Waals surface area contributed by atoms with Crippen molar-refractivity contribution in [3.63, 3.8) is 0 Å². The minimum atomic E-state index is -1.01. The van der Waals surface area contributed by atoms with Crippen LogP contribution in [0.5, 0.6) is 0 Å². The summed E-state index contributed by atoms with van der Waals surface area (Å²) in [6.45, 7) is 25.9. The summed E-state index contributed by atoms with van der Waals surface area (Å²) < 4.78 is 16.1. The lowest BCUT2D eigenvalue weighted by molar-refractivity contribution is -0.142. The molecule has 9 heterocycles. The number of amides is 6. The second kappa shape index (κ2) is 32.5. The molecule has 8 atom stereocenters. The maximum atomic E-state index is 13.7. The Labute approximate surface area is 605 Å². The van der Waals surface area contributed by atoms with Gasteiger partial charge in [-0.25, -0.2) is 15.0 Å². The number of benzene rings is 3. The van der Waals surface area contributed by atoms with E-state index in [0.29, 0.717) is 54.0 Å². The predicted molar refractivity (Wildman–Crippen MR) is 387 cm³/mol. The Morgan fingerprint density at radius 2 is 0.833 bits per heavy atom. The van der Waals surface area contributed by atoms with Crippen molar-refractivity contribution in [2.24, 2.45) is 11.3 Å². The van der Waals surface area contributed by atoms with Crippen LogP contribution < -0.4 is 16.0 Å². The molecule has 0 aliphatic carbocycles. The largest absolute Gasteiger partial charge is 0.391 e. The maximum absolute atomic E-state index is 13.7. The van der Waals surface area contributed by atoms with Crippen LogP contribution in [0.3, 0.4) is 0 Å². The van der Waals surface area contributed by atoms with Crippen molar-refractivity contribution >= 4 is 69.5 Å². The first-order valence-corrected chi connectivity index (χ1v) is 36.7. The van der Waals surface area contributed by atoms with Crippen LogP contribution in [0, 0.1) is 52.9 Å². The number of aliphatic hydroxyl groups is 3. The first kappa shape index (κ1) is 75.5. The second-order valence-electron chi connectivity index (χ2n) is 28.4. The van der Waals surface area contributed by atoms with Gasteiger partial charge in [0.25, 0.3) is 0 Å². The van der Waals surface area contributed by atoms with Gasteiger partial charge in [0.15, 0.2) is 5.76 Å². The summed E-state index contributed by atoms with van der Waals surface area (Å²) in [5.74, 6) is -1.44. The maximum Gasteiger partial charge on any atom is 0.243 e. The van der Waals surface area contributed by atoms with Gasteiger partial charge in [-0.2, -0.15) is 0 Å². The van der Waals surface area contributed by atoms with Gasteiger partial charge in [0.2, 0.25) is 35.4 Å². The molecule has 0 spiro atoms. The molecular formula is C75H90N12O12S3. The van der Waals surface area contributed by atoms with Gasteiger partial charge in [0.1, 0.15) is 46.9 Å². The molecule has 27 heteroatoms. The number of aryl methyl sites for hydroxylation is 6. The van der Waals surface area contributed by atoms with Crippen LogP contribution in [-0.2, 0) is 53.8 Å². The number of nitrogens with zero attached hydrogens (tertiary/aromatic N) is 9. The zero-order chi connectivity index (χ0) is 73.5. The van der Waals surface area contributed by atoms with E-state index in [1.807, 2.05) is 145 Å². The lowest BCUT2D eigenvalue weighted by Crippen LogP contribution is -2.51.